The van der Waals surface area contributed by atoms with Gasteiger partial charge in [-0.1, -0.05) is 0 Å². The molecule has 1 aromatic rings. The highest BCUT2D eigenvalue weighted by Gasteiger charge is 2.55. The summed E-state index contributed by atoms with van der Waals surface area (Å²) in [6, 6.07) is 1.41. The van der Waals surface area contributed by atoms with Crippen LogP contribution in [0.5, 0.6) is 5.75 Å². The Morgan fingerprint density at radius 1 is 1.19 bits per heavy atom. The highest BCUT2D eigenvalue weighted by atomic mass is 32.2. The Morgan fingerprint density at radius 3 is 2.41 bits per heavy atom. The van der Waals surface area contributed by atoms with E-state index in [1.807, 2.05) is 0 Å². The minimum Gasteiger partial charge on any atom is -0.489 e. The van der Waals surface area contributed by atoms with Gasteiger partial charge in [-0.2, -0.15) is 13.2 Å². The number of halogens is 5. The maximum absolute atomic E-state index is 14.0. The van der Waals surface area contributed by atoms with Crippen LogP contribution in [0.2, 0.25) is 0 Å². The van der Waals surface area contributed by atoms with Crippen LogP contribution in [-0.2, 0) is 16.3 Å². The molecule has 1 saturated heterocycles. The van der Waals surface area contributed by atoms with Crippen molar-refractivity contribution >= 4 is 9.84 Å². The molecule has 3 rings (SSSR count). The second-order valence-corrected chi connectivity index (χ2v) is 8.39. The quantitative estimate of drug-likeness (QED) is 0.648. The van der Waals surface area contributed by atoms with E-state index in [1.54, 1.807) is 0 Å². The van der Waals surface area contributed by atoms with Crippen LogP contribution in [0.3, 0.4) is 0 Å². The Hall–Kier alpha value is -1.50. The second kappa shape index (κ2) is 6.54. The number of aliphatic hydroxyl groups excluding tert-OH is 2. The summed E-state index contributed by atoms with van der Waals surface area (Å²) in [7, 11) is -5.94. The fraction of sp³-hybridized carbons (Fsp3) is 0.600. The van der Waals surface area contributed by atoms with Gasteiger partial charge in [0.2, 0.25) is 0 Å². The molecule has 1 fully saturated rings. The molecule has 3 atom stereocenters. The van der Waals surface area contributed by atoms with Crippen molar-refractivity contribution in [2.45, 2.75) is 54.0 Å². The average molecular weight is 417 g/mol. The third kappa shape index (κ3) is 3.50. The largest absolute Gasteiger partial charge is 0.501 e. The molecule has 0 spiro atoms. The van der Waals surface area contributed by atoms with E-state index in [-0.39, 0.29) is 12.3 Å². The predicted molar refractivity (Wildman–Crippen MR) is 81.0 cm³/mol. The van der Waals surface area contributed by atoms with Crippen molar-refractivity contribution in [2.75, 3.05) is 6.54 Å². The Bertz CT molecular complexity index is 834. The number of fused-ring (bicyclic) bond motifs is 1. The summed E-state index contributed by atoms with van der Waals surface area (Å²) in [6.07, 6.45) is -4.50. The van der Waals surface area contributed by atoms with E-state index in [0.29, 0.717) is 18.9 Å². The number of aliphatic hydroxyl groups is 2. The molecule has 0 saturated carbocycles. The minimum absolute atomic E-state index is 0.164. The molecule has 6 nitrogen and oxygen atoms in total. The molecule has 3 N–H and O–H groups in total. The SMILES string of the molecule is O=S(=O)(c1ccc(O[C@H]2CCC(O)NC2)c2c1[C@H](O)C(F)(F)C2)C(F)(F)F. The van der Waals surface area contributed by atoms with Crippen molar-refractivity contribution in [3.8, 4) is 5.75 Å². The summed E-state index contributed by atoms with van der Waals surface area (Å²) in [5, 5.41) is 21.9. The van der Waals surface area contributed by atoms with E-state index in [2.05, 4.69) is 5.32 Å². The smallest absolute Gasteiger partial charge is 0.489 e. The first-order chi connectivity index (χ1) is 12.3. The molecule has 152 valence electrons. The third-order valence-corrected chi connectivity index (χ3v) is 6.14. The number of sulfone groups is 1. The number of hydrogen-bond donors (Lipinski definition) is 3. The lowest BCUT2D eigenvalue weighted by Gasteiger charge is -2.28. The van der Waals surface area contributed by atoms with Gasteiger partial charge in [0.25, 0.3) is 15.8 Å². The van der Waals surface area contributed by atoms with Crippen LogP contribution in [0.25, 0.3) is 0 Å². The average Bonchev–Trinajstić information content (AvgIpc) is 2.79. The normalized spacial score (nSPS) is 28.0. The molecule has 0 aromatic heterocycles. The first kappa shape index (κ1) is 20.2. The predicted octanol–water partition coefficient (Wildman–Crippen LogP) is 1.65. The Balaban J connectivity index is 2.05. The molecule has 0 radical (unpaired) electrons. The van der Waals surface area contributed by atoms with Gasteiger partial charge in [-0.25, -0.2) is 17.2 Å². The summed E-state index contributed by atoms with van der Waals surface area (Å²) in [5.41, 5.74) is -7.16. The van der Waals surface area contributed by atoms with Gasteiger partial charge in [-0.05, 0) is 25.0 Å². The van der Waals surface area contributed by atoms with Gasteiger partial charge in [0.05, 0.1) is 4.90 Å². The van der Waals surface area contributed by atoms with Crippen LogP contribution < -0.4 is 10.1 Å². The molecule has 1 aromatic carbocycles. The molecule has 12 heteroatoms. The number of piperidine rings is 1. The summed E-state index contributed by atoms with van der Waals surface area (Å²) in [4.78, 5) is -1.40. The lowest BCUT2D eigenvalue weighted by atomic mass is 10.1. The van der Waals surface area contributed by atoms with Gasteiger partial charge >= 0.3 is 5.51 Å². The molecule has 1 heterocycles. The van der Waals surface area contributed by atoms with Crippen molar-refractivity contribution in [2.24, 2.45) is 0 Å². The Labute approximate surface area is 150 Å². The summed E-state index contributed by atoms with van der Waals surface area (Å²) < 4.78 is 95.7. The molecule has 0 amide bonds. The fourth-order valence-electron chi connectivity index (χ4n) is 3.21. The van der Waals surface area contributed by atoms with Gasteiger partial charge in [0.15, 0.2) is 0 Å². The van der Waals surface area contributed by atoms with Crippen LogP contribution in [-0.4, -0.2) is 48.9 Å². The fourth-order valence-corrected chi connectivity index (χ4v) is 4.23. The monoisotopic (exact) mass is 417 g/mol. The maximum Gasteiger partial charge on any atom is 0.501 e. The second-order valence-electron chi connectivity index (χ2n) is 6.48. The molecular formula is C15H16F5NO5S. The number of alkyl halides is 5. The summed E-state index contributed by atoms with van der Waals surface area (Å²) >= 11 is 0. The Kier molecular flexibility index (Phi) is 4.90. The molecule has 1 unspecified atom stereocenters. The van der Waals surface area contributed by atoms with Gasteiger partial charge in [0, 0.05) is 24.1 Å². The van der Waals surface area contributed by atoms with Crippen molar-refractivity contribution in [1.29, 1.82) is 0 Å². The van der Waals surface area contributed by atoms with Crippen molar-refractivity contribution < 1.29 is 45.3 Å². The van der Waals surface area contributed by atoms with E-state index >= 15 is 0 Å². The lowest BCUT2D eigenvalue weighted by Crippen LogP contribution is -2.43. The number of rotatable bonds is 3. The molecule has 0 bridgehead atoms. The van der Waals surface area contributed by atoms with Gasteiger partial charge < -0.3 is 14.9 Å². The van der Waals surface area contributed by atoms with Gasteiger partial charge in [-0.15, -0.1) is 0 Å². The molecule has 1 aliphatic carbocycles. The first-order valence-corrected chi connectivity index (χ1v) is 9.44. The summed E-state index contributed by atoms with van der Waals surface area (Å²) in [6.45, 7) is 0.164. The molecule has 2 aliphatic rings. The zero-order chi connectivity index (χ0) is 20.2. The van der Waals surface area contributed by atoms with E-state index in [0.717, 1.165) is 6.07 Å². The highest BCUT2D eigenvalue weighted by Crippen LogP contribution is 2.50. The first-order valence-electron chi connectivity index (χ1n) is 7.95. The standard InChI is InChI=1S/C15H16F5NO5S/c16-14(17)5-8-9(26-7-1-4-11(22)21-6-7)2-3-10(12(8)13(14)23)27(24,25)15(18,19)20/h2-3,7,11,13,21-23H,1,4-6H2/t7-,11?,13-/m0/s1. The lowest BCUT2D eigenvalue weighted by molar-refractivity contribution is -0.0979. The maximum atomic E-state index is 14.0. The van der Waals surface area contributed by atoms with E-state index in [9.17, 15) is 40.6 Å². The highest BCUT2D eigenvalue weighted by molar-refractivity contribution is 7.92. The van der Waals surface area contributed by atoms with E-state index in [1.165, 1.54) is 0 Å². The third-order valence-electron chi connectivity index (χ3n) is 4.59. The van der Waals surface area contributed by atoms with Crippen LogP contribution in [0.15, 0.2) is 17.0 Å². The van der Waals surface area contributed by atoms with Crippen LogP contribution in [0, 0.1) is 0 Å². The zero-order valence-corrected chi connectivity index (χ0v) is 14.4. The van der Waals surface area contributed by atoms with Gasteiger partial charge in [-0.3, -0.25) is 5.32 Å². The number of nitrogens with one attached hydrogen (secondary N) is 1. The molecule has 27 heavy (non-hydrogen) atoms. The minimum atomic E-state index is -5.94. The number of ether oxygens (including phenoxy) is 1. The van der Waals surface area contributed by atoms with E-state index < -0.39 is 62.1 Å². The van der Waals surface area contributed by atoms with E-state index in [4.69, 9.17) is 4.74 Å². The Morgan fingerprint density at radius 2 is 1.85 bits per heavy atom. The van der Waals surface area contributed by atoms with Crippen LogP contribution in [0.4, 0.5) is 22.0 Å². The number of benzene rings is 1. The van der Waals surface area contributed by atoms with Crippen molar-refractivity contribution in [1.82, 2.24) is 5.32 Å². The summed E-state index contributed by atoms with van der Waals surface area (Å²) in [5.74, 6) is -4.05. The van der Waals surface area contributed by atoms with Crippen LogP contribution >= 0.6 is 0 Å². The zero-order valence-electron chi connectivity index (χ0n) is 13.6. The van der Waals surface area contributed by atoms with Crippen molar-refractivity contribution in [3.63, 3.8) is 0 Å². The van der Waals surface area contributed by atoms with Crippen molar-refractivity contribution in [3.05, 3.63) is 23.3 Å². The van der Waals surface area contributed by atoms with Gasteiger partial charge in [0.1, 0.15) is 24.2 Å². The number of hydrogen-bond acceptors (Lipinski definition) is 6. The topological polar surface area (TPSA) is 95.9 Å². The molecular weight excluding hydrogens is 401 g/mol. The molecule has 1 aliphatic heterocycles. The van der Waals surface area contributed by atoms with Crippen LogP contribution in [0.1, 0.15) is 30.1 Å².